The lowest BCUT2D eigenvalue weighted by Crippen LogP contribution is -2.18. The average molecular weight is 285 g/mol. The monoisotopic (exact) mass is 285 g/mol. The van der Waals surface area contributed by atoms with Crippen molar-refractivity contribution in [3.63, 3.8) is 0 Å². The smallest absolute Gasteiger partial charge is 0.263 e. The van der Waals surface area contributed by atoms with Crippen LogP contribution in [0.5, 0.6) is 0 Å². The second kappa shape index (κ2) is 8.70. The Morgan fingerprint density at radius 1 is 1.17 bits per heavy atom. The third-order valence-corrected chi connectivity index (χ3v) is 4.54. The number of amides is 1. The van der Waals surface area contributed by atoms with Gasteiger partial charge in [0, 0.05) is 0 Å². The second-order valence-electron chi connectivity index (χ2n) is 4.82. The fourth-order valence-corrected chi connectivity index (χ4v) is 3.15. The van der Waals surface area contributed by atoms with Gasteiger partial charge in [0.25, 0.3) is 5.91 Å². The summed E-state index contributed by atoms with van der Waals surface area (Å²) in [6.45, 7) is 4.29. The molecule has 0 aromatic rings. The molecule has 0 aliphatic carbocycles. The molecule has 1 N–H and O–H groups in total. The molecule has 0 radical (unpaired) electrons. The van der Waals surface area contributed by atoms with Gasteiger partial charge in [-0.1, -0.05) is 75.0 Å². The van der Waals surface area contributed by atoms with Gasteiger partial charge in [0.2, 0.25) is 0 Å². The fraction of sp³-hybridized carbons (Fsp3) is 0.714. The summed E-state index contributed by atoms with van der Waals surface area (Å²) >= 11 is 6.39. The SMILES string of the molecule is CCCCCCCCCC(C)=C1SC(=S)NC1=O. The van der Waals surface area contributed by atoms with Crippen LogP contribution in [0.3, 0.4) is 0 Å². The van der Waals surface area contributed by atoms with E-state index in [4.69, 9.17) is 12.2 Å². The molecule has 4 heteroatoms. The topological polar surface area (TPSA) is 29.1 Å². The zero-order valence-corrected chi connectivity index (χ0v) is 13.0. The third kappa shape index (κ3) is 5.53. The molecule has 1 aliphatic rings. The van der Waals surface area contributed by atoms with Crippen molar-refractivity contribution in [2.24, 2.45) is 0 Å². The first-order chi connectivity index (χ1) is 8.65. The Labute approximate surface area is 120 Å². The first-order valence-electron chi connectivity index (χ1n) is 6.88. The maximum absolute atomic E-state index is 11.6. The van der Waals surface area contributed by atoms with Crippen molar-refractivity contribution in [2.45, 2.75) is 65.2 Å². The van der Waals surface area contributed by atoms with Crippen molar-refractivity contribution in [3.8, 4) is 0 Å². The Balaban J connectivity index is 2.17. The van der Waals surface area contributed by atoms with Crippen molar-refractivity contribution in [2.75, 3.05) is 0 Å². The van der Waals surface area contributed by atoms with Gasteiger partial charge in [-0.3, -0.25) is 4.79 Å². The quantitative estimate of drug-likeness (QED) is 0.403. The number of rotatable bonds is 8. The number of allylic oxidation sites excluding steroid dienone is 1. The molecular formula is C14H23NOS2. The summed E-state index contributed by atoms with van der Waals surface area (Å²) in [6, 6.07) is 0. The first-order valence-corrected chi connectivity index (χ1v) is 8.10. The average Bonchev–Trinajstić information content (AvgIpc) is 2.67. The van der Waals surface area contributed by atoms with E-state index in [1.807, 2.05) is 6.92 Å². The van der Waals surface area contributed by atoms with Crippen LogP contribution >= 0.6 is 24.0 Å². The lowest BCUT2D eigenvalue weighted by atomic mass is 10.1. The van der Waals surface area contributed by atoms with Gasteiger partial charge in [-0.2, -0.15) is 0 Å². The van der Waals surface area contributed by atoms with E-state index in [9.17, 15) is 4.79 Å². The number of carbonyl (C=O) groups is 1. The van der Waals surface area contributed by atoms with Crippen LogP contribution in [0.1, 0.15) is 65.2 Å². The van der Waals surface area contributed by atoms with Gasteiger partial charge in [0.05, 0.1) is 4.91 Å². The minimum atomic E-state index is -0.00885. The normalized spacial score (nSPS) is 18.1. The largest absolute Gasteiger partial charge is 0.307 e. The zero-order valence-electron chi connectivity index (χ0n) is 11.4. The Bertz CT molecular complexity index is 337. The molecule has 1 amide bonds. The molecule has 2 nitrogen and oxygen atoms in total. The van der Waals surface area contributed by atoms with E-state index in [1.54, 1.807) is 0 Å². The summed E-state index contributed by atoms with van der Waals surface area (Å²) in [5, 5.41) is 2.67. The van der Waals surface area contributed by atoms with E-state index in [-0.39, 0.29) is 5.91 Å². The summed E-state index contributed by atoms with van der Waals surface area (Å²) < 4.78 is 0.592. The number of carbonyl (C=O) groups excluding carboxylic acids is 1. The van der Waals surface area contributed by atoms with Crippen LogP contribution in [0.15, 0.2) is 10.5 Å². The minimum Gasteiger partial charge on any atom is -0.307 e. The Morgan fingerprint density at radius 2 is 1.78 bits per heavy atom. The van der Waals surface area contributed by atoms with E-state index in [2.05, 4.69) is 12.2 Å². The number of thiocarbonyl (C=S) groups is 1. The fourth-order valence-electron chi connectivity index (χ4n) is 2.06. The highest BCUT2D eigenvalue weighted by atomic mass is 32.2. The minimum absolute atomic E-state index is 0.00885. The summed E-state index contributed by atoms with van der Waals surface area (Å²) in [6.07, 6.45) is 10.2. The van der Waals surface area contributed by atoms with Crippen LogP contribution < -0.4 is 5.32 Å². The van der Waals surface area contributed by atoms with Gasteiger partial charge in [0.1, 0.15) is 4.32 Å². The van der Waals surface area contributed by atoms with Crippen LogP contribution in [0.25, 0.3) is 0 Å². The van der Waals surface area contributed by atoms with Gasteiger partial charge in [-0.15, -0.1) is 0 Å². The van der Waals surface area contributed by atoms with Gasteiger partial charge in [-0.05, 0) is 19.8 Å². The standard InChI is InChI=1S/C14H23NOS2/c1-3-4-5-6-7-8-9-10-11(2)12-13(16)15-14(17)18-12/h3-10H2,1-2H3,(H,15,16,17). The molecule has 1 heterocycles. The lowest BCUT2D eigenvalue weighted by molar-refractivity contribution is -0.115. The van der Waals surface area contributed by atoms with E-state index in [1.165, 1.54) is 62.3 Å². The van der Waals surface area contributed by atoms with Gasteiger partial charge < -0.3 is 5.32 Å². The molecule has 1 aliphatic heterocycles. The molecule has 0 aromatic heterocycles. The van der Waals surface area contributed by atoms with Crippen LogP contribution in [0.2, 0.25) is 0 Å². The number of nitrogens with one attached hydrogen (secondary N) is 1. The van der Waals surface area contributed by atoms with Gasteiger partial charge >= 0.3 is 0 Å². The zero-order chi connectivity index (χ0) is 13.4. The van der Waals surface area contributed by atoms with Crippen LogP contribution in [0.4, 0.5) is 0 Å². The van der Waals surface area contributed by atoms with Crippen LogP contribution in [0, 0.1) is 0 Å². The van der Waals surface area contributed by atoms with E-state index in [0.717, 1.165) is 11.3 Å². The Kier molecular flexibility index (Phi) is 7.59. The summed E-state index contributed by atoms with van der Waals surface area (Å²) in [7, 11) is 0. The molecule has 0 atom stereocenters. The van der Waals surface area contributed by atoms with Crippen molar-refractivity contribution < 1.29 is 4.79 Å². The summed E-state index contributed by atoms with van der Waals surface area (Å²) in [5.74, 6) is -0.00885. The van der Waals surface area contributed by atoms with Gasteiger partial charge in [0.15, 0.2) is 0 Å². The molecule has 1 fully saturated rings. The van der Waals surface area contributed by atoms with E-state index >= 15 is 0 Å². The first kappa shape index (κ1) is 15.7. The van der Waals surface area contributed by atoms with Crippen molar-refractivity contribution in [1.82, 2.24) is 5.32 Å². The molecule has 18 heavy (non-hydrogen) atoms. The maximum Gasteiger partial charge on any atom is 0.263 e. The van der Waals surface area contributed by atoms with E-state index < -0.39 is 0 Å². The molecule has 0 aromatic carbocycles. The molecule has 102 valence electrons. The molecular weight excluding hydrogens is 262 g/mol. The molecule has 0 saturated carbocycles. The van der Waals surface area contributed by atoms with Crippen molar-refractivity contribution in [3.05, 3.63) is 10.5 Å². The van der Waals surface area contributed by atoms with Crippen molar-refractivity contribution in [1.29, 1.82) is 0 Å². The highest BCUT2D eigenvalue weighted by molar-refractivity contribution is 8.26. The van der Waals surface area contributed by atoms with Crippen LogP contribution in [-0.2, 0) is 4.79 Å². The highest BCUT2D eigenvalue weighted by Crippen LogP contribution is 2.28. The molecule has 0 bridgehead atoms. The van der Waals surface area contributed by atoms with Crippen molar-refractivity contribution >= 4 is 34.2 Å². The number of hydrogen-bond donors (Lipinski definition) is 1. The third-order valence-electron chi connectivity index (χ3n) is 3.16. The second-order valence-corrected chi connectivity index (χ2v) is 6.51. The highest BCUT2D eigenvalue weighted by Gasteiger charge is 2.23. The number of hydrogen-bond acceptors (Lipinski definition) is 3. The predicted octanol–water partition coefficient (Wildman–Crippen LogP) is 4.55. The molecule has 0 spiro atoms. The summed E-state index contributed by atoms with van der Waals surface area (Å²) in [5.41, 5.74) is 1.19. The number of thioether (sulfide) groups is 1. The Hall–Kier alpha value is -0.350. The number of unbranched alkanes of at least 4 members (excludes halogenated alkanes) is 6. The molecule has 1 saturated heterocycles. The lowest BCUT2D eigenvalue weighted by Gasteiger charge is -2.04. The van der Waals surface area contributed by atoms with E-state index in [0.29, 0.717) is 4.32 Å². The Morgan fingerprint density at radius 3 is 2.33 bits per heavy atom. The predicted molar refractivity (Wildman–Crippen MR) is 83.6 cm³/mol. The molecule has 0 unspecified atom stereocenters. The maximum atomic E-state index is 11.6. The van der Waals surface area contributed by atoms with Gasteiger partial charge in [-0.25, -0.2) is 0 Å². The summed E-state index contributed by atoms with van der Waals surface area (Å²) in [4.78, 5) is 12.4. The van der Waals surface area contributed by atoms with Crippen LogP contribution in [-0.4, -0.2) is 10.2 Å². The molecule has 1 rings (SSSR count).